The molecular formula is C15H25N5O2. The number of urea groups is 1. The number of likely N-dealkylation sites (tertiary alicyclic amines) is 1. The molecule has 3 rings (SSSR count). The van der Waals surface area contributed by atoms with Crippen molar-refractivity contribution in [3.05, 3.63) is 12.7 Å². The summed E-state index contributed by atoms with van der Waals surface area (Å²) in [4.78, 5) is 18.2. The van der Waals surface area contributed by atoms with Gasteiger partial charge in [0.25, 0.3) is 0 Å². The molecule has 0 unspecified atom stereocenters. The molecule has 1 N–H and O–H groups in total. The number of piperidine rings is 1. The lowest BCUT2D eigenvalue weighted by Crippen LogP contribution is -2.47. The summed E-state index contributed by atoms with van der Waals surface area (Å²) in [7, 11) is 0. The quantitative estimate of drug-likeness (QED) is 0.920. The molecule has 22 heavy (non-hydrogen) atoms. The van der Waals surface area contributed by atoms with Crippen LogP contribution >= 0.6 is 0 Å². The number of aromatic nitrogens is 3. The van der Waals surface area contributed by atoms with E-state index in [0.29, 0.717) is 13.1 Å². The molecule has 1 aromatic heterocycles. The Labute approximate surface area is 131 Å². The Morgan fingerprint density at radius 2 is 2.32 bits per heavy atom. The number of hydrogen-bond acceptors (Lipinski definition) is 4. The summed E-state index contributed by atoms with van der Waals surface area (Å²) >= 11 is 0. The monoisotopic (exact) mass is 307 g/mol. The molecule has 122 valence electrons. The minimum Gasteiger partial charge on any atom is -0.371 e. The van der Waals surface area contributed by atoms with Gasteiger partial charge in [-0.15, -0.1) is 0 Å². The molecule has 3 heterocycles. The fourth-order valence-corrected chi connectivity index (χ4v) is 3.30. The first-order valence-electron chi connectivity index (χ1n) is 8.08. The lowest BCUT2D eigenvalue weighted by atomic mass is 10.1. The van der Waals surface area contributed by atoms with E-state index < -0.39 is 0 Å². The summed E-state index contributed by atoms with van der Waals surface area (Å²) in [5.41, 5.74) is -0.0568. The van der Waals surface area contributed by atoms with Gasteiger partial charge >= 0.3 is 6.03 Å². The van der Waals surface area contributed by atoms with Crippen molar-refractivity contribution in [2.45, 2.75) is 57.3 Å². The second-order valence-electron chi connectivity index (χ2n) is 6.84. The van der Waals surface area contributed by atoms with E-state index in [1.54, 1.807) is 6.33 Å². The largest absolute Gasteiger partial charge is 0.371 e. The molecule has 0 bridgehead atoms. The molecule has 0 saturated carbocycles. The number of carbonyl (C=O) groups excluding carboxylic acids is 1. The van der Waals surface area contributed by atoms with Crippen LogP contribution in [0.15, 0.2) is 12.7 Å². The molecule has 7 heteroatoms. The zero-order valence-electron chi connectivity index (χ0n) is 13.4. The topological polar surface area (TPSA) is 72.3 Å². The van der Waals surface area contributed by atoms with Crippen molar-refractivity contribution in [1.29, 1.82) is 0 Å². The van der Waals surface area contributed by atoms with Crippen LogP contribution in [0.5, 0.6) is 0 Å². The van der Waals surface area contributed by atoms with Gasteiger partial charge in [-0.1, -0.05) is 0 Å². The van der Waals surface area contributed by atoms with Crippen molar-refractivity contribution in [2.75, 3.05) is 19.6 Å². The summed E-state index contributed by atoms with van der Waals surface area (Å²) < 4.78 is 7.76. The third kappa shape index (κ3) is 3.58. The van der Waals surface area contributed by atoms with Gasteiger partial charge in [0, 0.05) is 19.6 Å². The SMILES string of the molecule is CC1(C)CC[C@@H](CNC(=O)N2CCC[C@H](n3cncn3)C2)O1. The highest BCUT2D eigenvalue weighted by atomic mass is 16.5. The van der Waals surface area contributed by atoms with E-state index in [2.05, 4.69) is 29.2 Å². The maximum absolute atomic E-state index is 12.3. The standard InChI is InChI=1S/C15H25N5O2/c1-15(2)6-5-13(22-15)8-17-14(21)19-7-3-4-12(9-19)20-11-16-10-18-20/h10-13H,3-9H2,1-2H3,(H,17,21)/t12-,13-/m0/s1. The summed E-state index contributed by atoms with van der Waals surface area (Å²) in [6.45, 7) is 6.28. The molecule has 0 aromatic carbocycles. The number of nitrogens with one attached hydrogen (secondary N) is 1. The molecule has 2 atom stereocenters. The van der Waals surface area contributed by atoms with Gasteiger partial charge in [-0.25, -0.2) is 14.5 Å². The van der Waals surface area contributed by atoms with Crippen molar-refractivity contribution in [1.82, 2.24) is 25.0 Å². The third-order valence-electron chi connectivity index (χ3n) is 4.53. The Balaban J connectivity index is 1.48. The van der Waals surface area contributed by atoms with Crippen LogP contribution in [0.1, 0.15) is 45.6 Å². The van der Waals surface area contributed by atoms with Crippen LogP contribution in [0, 0.1) is 0 Å². The second kappa shape index (κ2) is 6.24. The van der Waals surface area contributed by atoms with E-state index in [1.165, 1.54) is 6.33 Å². The Morgan fingerprint density at radius 3 is 3.00 bits per heavy atom. The van der Waals surface area contributed by atoms with Gasteiger partial charge < -0.3 is 15.0 Å². The molecule has 2 saturated heterocycles. The van der Waals surface area contributed by atoms with Crippen molar-refractivity contribution in [3.63, 3.8) is 0 Å². The molecule has 7 nitrogen and oxygen atoms in total. The van der Waals surface area contributed by atoms with Crippen LogP contribution < -0.4 is 5.32 Å². The van der Waals surface area contributed by atoms with Gasteiger partial charge in [-0.2, -0.15) is 5.10 Å². The zero-order chi connectivity index (χ0) is 15.6. The van der Waals surface area contributed by atoms with Crippen LogP contribution in [-0.2, 0) is 4.74 Å². The Hall–Kier alpha value is -1.63. The number of amides is 2. The van der Waals surface area contributed by atoms with E-state index in [0.717, 1.165) is 32.2 Å². The van der Waals surface area contributed by atoms with Crippen LogP contribution in [0.4, 0.5) is 4.79 Å². The van der Waals surface area contributed by atoms with Crippen molar-refractivity contribution >= 4 is 6.03 Å². The highest BCUT2D eigenvalue weighted by molar-refractivity contribution is 5.74. The van der Waals surface area contributed by atoms with E-state index in [4.69, 9.17) is 4.74 Å². The highest BCUT2D eigenvalue weighted by Crippen LogP contribution is 2.29. The maximum atomic E-state index is 12.3. The van der Waals surface area contributed by atoms with Crippen LogP contribution in [0.3, 0.4) is 0 Å². The number of nitrogens with zero attached hydrogens (tertiary/aromatic N) is 4. The predicted molar refractivity (Wildman–Crippen MR) is 81.5 cm³/mol. The Bertz CT molecular complexity index is 502. The summed E-state index contributed by atoms with van der Waals surface area (Å²) in [6, 6.07) is 0.224. The highest BCUT2D eigenvalue weighted by Gasteiger charge is 2.32. The van der Waals surface area contributed by atoms with Gasteiger partial charge in [-0.05, 0) is 39.5 Å². The molecule has 2 amide bonds. The van der Waals surface area contributed by atoms with E-state index in [-0.39, 0.29) is 23.8 Å². The first-order chi connectivity index (χ1) is 10.5. The summed E-state index contributed by atoms with van der Waals surface area (Å²) in [5.74, 6) is 0. The number of carbonyl (C=O) groups is 1. The molecule has 0 radical (unpaired) electrons. The van der Waals surface area contributed by atoms with Crippen molar-refractivity contribution in [3.8, 4) is 0 Å². The van der Waals surface area contributed by atoms with E-state index in [1.807, 2.05) is 9.58 Å². The predicted octanol–water partition coefficient (Wildman–Crippen LogP) is 1.58. The average Bonchev–Trinajstić information content (AvgIpc) is 3.14. The van der Waals surface area contributed by atoms with Gasteiger partial charge in [0.05, 0.1) is 17.7 Å². The summed E-state index contributed by atoms with van der Waals surface area (Å²) in [5, 5.41) is 7.20. The lowest BCUT2D eigenvalue weighted by molar-refractivity contribution is -0.0136. The minimum atomic E-state index is -0.0568. The fraction of sp³-hybridized carbons (Fsp3) is 0.800. The van der Waals surface area contributed by atoms with Crippen LogP contribution in [0.25, 0.3) is 0 Å². The Kier molecular flexibility index (Phi) is 4.33. The van der Waals surface area contributed by atoms with Crippen LogP contribution in [-0.4, -0.2) is 57.0 Å². The van der Waals surface area contributed by atoms with Gasteiger partial charge in [-0.3, -0.25) is 0 Å². The van der Waals surface area contributed by atoms with E-state index >= 15 is 0 Å². The van der Waals surface area contributed by atoms with Gasteiger partial charge in [0.2, 0.25) is 0 Å². The molecular weight excluding hydrogens is 282 g/mol. The Morgan fingerprint density at radius 1 is 1.45 bits per heavy atom. The molecule has 2 fully saturated rings. The maximum Gasteiger partial charge on any atom is 0.317 e. The minimum absolute atomic E-state index is 0.00174. The molecule has 0 spiro atoms. The third-order valence-corrected chi connectivity index (χ3v) is 4.53. The number of ether oxygens (including phenoxy) is 1. The van der Waals surface area contributed by atoms with Gasteiger partial charge in [0.1, 0.15) is 12.7 Å². The molecule has 1 aromatic rings. The van der Waals surface area contributed by atoms with Crippen molar-refractivity contribution in [2.24, 2.45) is 0 Å². The number of hydrogen-bond donors (Lipinski definition) is 1. The normalized spacial score (nSPS) is 27.8. The second-order valence-corrected chi connectivity index (χ2v) is 6.84. The summed E-state index contributed by atoms with van der Waals surface area (Å²) in [6.07, 6.45) is 7.48. The number of rotatable bonds is 3. The first-order valence-corrected chi connectivity index (χ1v) is 8.08. The average molecular weight is 307 g/mol. The first kappa shape index (κ1) is 15.3. The molecule has 2 aliphatic heterocycles. The van der Waals surface area contributed by atoms with E-state index in [9.17, 15) is 4.79 Å². The smallest absolute Gasteiger partial charge is 0.317 e. The fourth-order valence-electron chi connectivity index (χ4n) is 3.30. The van der Waals surface area contributed by atoms with Gasteiger partial charge in [0.15, 0.2) is 0 Å². The molecule has 2 aliphatic rings. The van der Waals surface area contributed by atoms with Crippen molar-refractivity contribution < 1.29 is 9.53 Å². The zero-order valence-corrected chi connectivity index (χ0v) is 13.4. The lowest BCUT2D eigenvalue weighted by Gasteiger charge is -2.33. The molecule has 0 aliphatic carbocycles. The van der Waals surface area contributed by atoms with Crippen LogP contribution in [0.2, 0.25) is 0 Å².